The van der Waals surface area contributed by atoms with Crippen molar-refractivity contribution in [2.45, 2.75) is 30.8 Å². The van der Waals surface area contributed by atoms with Gasteiger partial charge in [-0.05, 0) is 41.0 Å². The highest BCUT2D eigenvalue weighted by Gasteiger charge is 2.41. The number of nitrogens with zero attached hydrogens (tertiary/aromatic N) is 2. The van der Waals surface area contributed by atoms with Crippen molar-refractivity contribution in [1.82, 2.24) is 14.5 Å². The van der Waals surface area contributed by atoms with Crippen LogP contribution >= 0.6 is 0 Å². The number of ether oxygens (including phenoxy) is 1. The van der Waals surface area contributed by atoms with Gasteiger partial charge in [0.15, 0.2) is 0 Å². The lowest BCUT2D eigenvalue weighted by molar-refractivity contribution is -0.274. The number of hydrogen-bond acceptors (Lipinski definition) is 5. The number of amides is 2. The van der Waals surface area contributed by atoms with E-state index in [0.29, 0.717) is 0 Å². The van der Waals surface area contributed by atoms with E-state index in [2.05, 4.69) is 10.1 Å². The Balaban J connectivity index is 1.56. The van der Waals surface area contributed by atoms with Gasteiger partial charge < -0.3 is 15.0 Å². The van der Waals surface area contributed by atoms with Gasteiger partial charge in [-0.1, -0.05) is 54.6 Å². The summed E-state index contributed by atoms with van der Waals surface area (Å²) in [5.41, 5.74) is 2.66. The quantitative estimate of drug-likeness (QED) is 0.474. The fraction of sp³-hybridized carbons (Fsp3) is 0.259. The van der Waals surface area contributed by atoms with Crippen LogP contribution in [0.3, 0.4) is 0 Å². The van der Waals surface area contributed by atoms with Gasteiger partial charge >= 0.3 is 6.36 Å². The van der Waals surface area contributed by atoms with Crippen molar-refractivity contribution in [3.8, 4) is 16.9 Å². The molecule has 8 nitrogen and oxygen atoms in total. The average molecular weight is 562 g/mol. The zero-order chi connectivity index (χ0) is 28.2. The number of carbonyl (C=O) groups is 2. The first-order valence-electron chi connectivity index (χ1n) is 12.0. The third-order valence-electron chi connectivity index (χ3n) is 6.30. The van der Waals surface area contributed by atoms with Crippen LogP contribution in [0.15, 0.2) is 83.8 Å². The van der Waals surface area contributed by atoms with Gasteiger partial charge in [-0.2, -0.15) is 4.31 Å². The molecule has 12 heteroatoms. The second-order valence-corrected chi connectivity index (χ2v) is 10.7. The van der Waals surface area contributed by atoms with Gasteiger partial charge in [-0.15, -0.1) is 13.2 Å². The Morgan fingerprint density at radius 3 is 2.23 bits per heavy atom. The number of alkyl halides is 3. The van der Waals surface area contributed by atoms with E-state index >= 15 is 0 Å². The van der Waals surface area contributed by atoms with E-state index in [1.807, 2.05) is 54.6 Å². The number of piperazine rings is 1. The molecular weight excluding hydrogens is 535 g/mol. The maximum absolute atomic E-state index is 13.5. The second-order valence-electron chi connectivity index (χ2n) is 8.86. The molecule has 1 aliphatic rings. The van der Waals surface area contributed by atoms with E-state index < -0.39 is 34.1 Å². The Kier molecular flexibility index (Phi) is 8.26. The molecule has 0 radical (unpaired) electrons. The molecule has 0 aliphatic carbocycles. The second kappa shape index (κ2) is 11.5. The summed E-state index contributed by atoms with van der Waals surface area (Å²) >= 11 is 0. The Bertz CT molecular complexity index is 1430. The SMILES string of the molecule is CC(=O)N1CCN(S(=O)(=O)c2ccc(OC(F)(F)F)cc2)[C@@H](C(=O)NCc2ccccc2-c2ccccc2)C1. The molecule has 1 N–H and O–H groups in total. The summed E-state index contributed by atoms with van der Waals surface area (Å²) in [7, 11) is -4.30. The zero-order valence-corrected chi connectivity index (χ0v) is 21.7. The van der Waals surface area contributed by atoms with Crippen LogP contribution in [0.1, 0.15) is 12.5 Å². The number of benzene rings is 3. The normalized spacial score (nSPS) is 16.5. The number of sulfonamides is 1. The van der Waals surface area contributed by atoms with E-state index in [4.69, 9.17) is 0 Å². The summed E-state index contributed by atoms with van der Waals surface area (Å²) in [6, 6.07) is 19.5. The lowest BCUT2D eigenvalue weighted by Gasteiger charge is -2.39. The zero-order valence-electron chi connectivity index (χ0n) is 20.9. The topological polar surface area (TPSA) is 96.0 Å². The molecule has 0 spiro atoms. The molecule has 0 saturated carbocycles. The minimum Gasteiger partial charge on any atom is -0.406 e. The summed E-state index contributed by atoms with van der Waals surface area (Å²) in [4.78, 5) is 26.5. The van der Waals surface area contributed by atoms with Crippen LogP contribution in [0, 0.1) is 0 Å². The maximum atomic E-state index is 13.5. The molecule has 1 saturated heterocycles. The van der Waals surface area contributed by atoms with Crippen molar-refractivity contribution < 1.29 is 35.9 Å². The van der Waals surface area contributed by atoms with Crippen molar-refractivity contribution in [3.05, 3.63) is 84.4 Å². The summed E-state index contributed by atoms with van der Waals surface area (Å²) in [6.07, 6.45) is -4.92. The number of rotatable bonds is 7. The molecule has 1 aliphatic heterocycles. The highest BCUT2D eigenvalue weighted by molar-refractivity contribution is 7.89. The smallest absolute Gasteiger partial charge is 0.406 e. The van der Waals surface area contributed by atoms with E-state index in [1.165, 1.54) is 11.8 Å². The van der Waals surface area contributed by atoms with Crippen LogP contribution in [0.5, 0.6) is 5.75 Å². The van der Waals surface area contributed by atoms with E-state index in [9.17, 15) is 31.2 Å². The molecule has 3 aromatic rings. The maximum Gasteiger partial charge on any atom is 0.573 e. The molecular formula is C27H26F3N3O5S. The highest BCUT2D eigenvalue weighted by Crippen LogP contribution is 2.27. The third kappa shape index (κ3) is 6.76. The van der Waals surface area contributed by atoms with Crippen LogP contribution in [-0.4, -0.2) is 61.5 Å². The van der Waals surface area contributed by atoms with Gasteiger partial charge in [-0.3, -0.25) is 9.59 Å². The Hall–Kier alpha value is -3.90. The molecule has 1 heterocycles. The minimum atomic E-state index is -4.92. The van der Waals surface area contributed by atoms with Gasteiger partial charge in [0, 0.05) is 33.1 Å². The summed E-state index contributed by atoms with van der Waals surface area (Å²) in [5, 5.41) is 2.80. The molecule has 0 bridgehead atoms. The number of halogens is 3. The molecule has 1 fully saturated rings. The first kappa shape index (κ1) is 28.1. The summed E-state index contributed by atoms with van der Waals surface area (Å²) < 4.78 is 69.2. The lowest BCUT2D eigenvalue weighted by atomic mass is 9.99. The Morgan fingerprint density at radius 2 is 1.59 bits per heavy atom. The first-order valence-corrected chi connectivity index (χ1v) is 13.4. The molecule has 0 unspecified atom stereocenters. The van der Waals surface area contributed by atoms with Crippen LogP contribution in [0.4, 0.5) is 13.2 Å². The first-order chi connectivity index (χ1) is 18.5. The van der Waals surface area contributed by atoms with Gasteiger partial charge in [-0.25, -0.2) is 8.42 Å². The van der Waals surface area contributed by atoms with Crippen LogP contribution < -0.4 is 10.1 Å². The fourth-order valence-electron chi connectivity index (χ4n) is 4.38. The van der Waals surface area contributed by atoms with Crippen molar-refractivity contribution in [2.24, 2.45) is 0 Å². The van der Waals surface area contributed by atoms with Crippen molar-refractivity contribution in [2.75, 3.05) is 19.6 Å². The summed E-state index contributed by atoms with van der Waals surface area (Å²) in [6.45, 7) is 1.16. The van der Waals surface area contributed by atoms with Gasteiger partial charge in [0.25, 0.3) is 0 Å². The molecule has 3 aromatic carbocycles. The molecule has 4 rings (SSSR count). The third-order valence-corrected chi connectivity index (χ3v) is 8.22. The van der Waals surface area contributed by atoms with Crippen LogP contribution in [-0.2, 0) is 26.2 Å². The Labute approximate surface area is 224 Å². The standard InChI is InChI=1S/C27H26F3N3O5S/c1-19(34)32-15-16-33(39(36,37)23-13-11-22(12-14-23)38-27(28,29)30)25(18-32)26(35)31-17-21-9-5-6-10-24(21)20-7-3-2-4-8-20/h2-14,25H,15-18H2,1H3,(H,31,35)/t25-/m1/s1. The van der Waals surface area contributed by atoms with Gasteiger partial charge in [0.1, 0.15) is 11.8 Å². The average Bonchev–Trinajstić information content (AvgIpc) is 2.91. The van der Waals surface area contributed by atoms with Crippen molar-refractivity contribution >= 4 is 21.8 Å². The Morgan fingerprint density at radius 1 is 0.949 bits per heavy atom. The molecule has 0 aromatic heterocycles. The minimum absolute atomic E-state index is 0.0600. The van der Waals surface area contributed by atoms with Crippen molar-refractivity contribution in [3.63, 3.8) is 0 Å². The van der Waals surface area contributed by atoms with Crippen LogP contribution in [0.25, 0.3) is 11.1 Å². The fourth-order valence-corrected chi connectivity index (χ4v) is 5.95. The van der Waals surface area contributed by atoms with Gasteiger partial charge in [0.2, 0.25) is 21.8 Å². The van der Waals surface area contributed by atoms with Crippen molar-refractivity contribution in [1.29, 1.82) is 0 Å². The number of nitrogens with one attached hydrogen (secondary N) is 1. The molecule has 2 amide bonds. The molecule has 39 heavy (non-hydrogen) atoms. The highest BCUT2D eigenvalue weighted by atomic mass is 32.2. The van der Waals surface area contributed by atoms with E-state index in [1.54, 1.807) is 0 Å². The predicted octanol–water partition coefficient (Wildman–Crippen LogP) is 3.79. The molecule has 206 valence electrons. The largest absolute Gasteiger partial charge is 0.573 e. The number of hydrogen-bond donors (Lipinski definition) is 1. The van der Waals surface area contributed by atoms with Gasteiger partial charge in [0.05, 0.1) is 4.90 Å². The monoisotopic (exact) mass is 561 g/mol. The van der Waals surface area contributed by atoms with Crippen LogP contribution in [0.2, 0.25) is 0 Å². The molecule has 1 atom stereocenters. The van der Waals surface area contributed by atoms with E-state index in [-0.39, 0.29) is 37.0 Å². The van der Waals surface area contributed by atoms with E-state index in [0.717, 1.165) is 45.3 Å². The lowest BCUT2D eigenvalue weighted by Crippen LogP contribution is -2.61. The summed E-state index contributed by atoms with van der Waals surface area (Å²) in [5.74, 6) is -1.49. The number of carbonyl (C=O) groups excluding carboxylic acids is 2. The predicted molar refractivity (Wildman–Crippen MR) is 137 cm³/mol.